The third-order valence-corrected chi connectivity index (χ3v) is 4.74. The Balaban J connectivity index is 2.12. The predicted molar refractivity (Wildman–Crippen MR) is 70.7 cm³/mol. The van der Waals surface area contributed by atoms with E-state index < -0.39 is 20.5 Å². The van der Waals surface area contributed by atoms with Gasteiger partial charge in [-0.3, -0.25) is 0 Å². The number of ether oxygens (including phenoxy) is 1. The molecule has 1 aliphatic rings. The zero-order valence-electron chi connectivity index (χ0n) is 10.9. The number of sulfone groups is 1. The summed E-state index contributed by atoms with van der Waals surface area (Å²) in [6.07, 6.45) is 1.87. The van der Waals surface area contributed by atoms with Crippen molar-refractivity contribution in [2.24, 2.45) is 5.92 Å². The molecule has 1 fully saturated rings. The van der Waals surface area contributed by atoms with E-state index in [4.69, 9.17) is 4.74 Å². The van der Waals surface area contributed by atoms with E-state index >= 15 is 0 Å². The second-order valence-corrected chi connectivity index (χ2v) is 6.64. The third-order valence-electron chi connectivity index (χ3n) is 3.32. The predicted octanol–water partition coefficient (Wildman–Crippen LogP) is 2.06. The Hall–Kier alpha value is -1.21. The molecule has 1 N–H and O–H groups in total. The normalized spacial score (nSPS) is 17.4. The number of rotatable bonds is 5. The molecule has 0 unspecified atom stereocenters. The molecule has 112 valence electrons. The highest BCUT2D eigenvalue weighted by molar-refractivity contribution is 7.91. The van der Waals surface area contributed by atoms with Crippen molar-refractivity contribution in [1.82, 2.24) is 5.32 Å². The van der Waals surface area contributed by atoms with Crippen molar-refractivity contribution in [2.75, 3.05) is 19.7 Å². The quantitative estimate of drug-likeness (QED) is 0.905. The van der Waals surface area contributed by atoms with Crippen LogP contribution in [-0.2, 0) is 9.84 Å². The fourth-order valence-corrected chi connectivity index (χ4v) is 3.02. The van der Waals surface area contributed by atoms with Gasteiger partial charge >= 0.3 is 5.76 Å². The number of halogens is 2. The minimum atomic E-state index is -4.63. The molecule has 1 aromatic carbocycles. The van der Waals surface area contributed by atoms with Gasteiger partial charge in [0.25, 0.3) is 0 Å². The van der Waals surface area contributed by atoms with Gasteiger partial charge in [-0.15, -0.1) is 0 Å². The lowest BCUT2D eigenvalue weighted by Gasteiger charge is -2.23. The van der Waals surface area contributed by atoms with Crippen molar-refractivity contribution in [3.63, 3.8) is 0 Å². The average Bonchev–Trinajstić information content (AvgIpc) is 2.46. The minimum Gasteiger partial charge on any atom is -0.492 e. The monoisotopic (exact) mass is 305 g/mol. The fourth-order valence-electron chi connectivity index (χ4n) is 2.16. The van der Waals surface area contributed by atoms with Gasteiger partial charge in [0.15, 0.2) is 0 Å². The molecule has 2 rings (SSSR count). The smallest absolute Gasteiger partial charge is 0.341 e. The second kappa shape index (κ2) is 6.49. The number of hydrogen-bond acceptors (Lipinski definition) is 4. The molecule has 0 bridgehead atoms. The number of para-hydroxylation sites is 1. The number of hydrogen-bond donors (Lipinski definition) is 1. The van der Waals surface area contributed by atoms with E-state index in [1.165, 1.54) is 12.1 Å². The highest BCUT2D eigenvalue weighted by Gasteiger charge is 2.30. The average molecular weight is 305 g/mol. The van der Waals surface area contributed by atoms with Crippen molar-refractivity contribution < 1.29 is 21.9 Å². The molecule has 1 aliphatic heterocycles. The zero-order valence-corrected chi connectivity index (χ0v) is 11.7. The lowest BCUT2D eigenvalue weighted by molar-refractivity contribution is 0.209. The first-order valence-corrected chi connectivity index (χ1v) is 8.01. The van der Waals surface area contributed by atoms with Crippen LogP contribution in [-0.4, -0.2) is 33.9 Å². The van der Waals surface area contributed by atoms with Crippen molar-refractivity contribution in [1.29, 1.82) is 0 Å². The van der Waals surface area contributed by atoms with Crippen LogP contribution in [0, 0.1) is 5.92 Å². The summed E-state index contributed by atoms with van der Waals surface area (Å²) in [7, 11) is -4.63. The molecular formula is C13H17F2NO3S. The molecule has 20 heavy (non-hydrogen) atoms. The van der Waals surface area contributed by atoms with E-state index in [2.05, 4.69) is 5.32 Å². The molecule has 4 nitrogen and oxygen atoms in total. The van der Waals surface area contributed by atoms with E-state index in [9.17, 15) is 17.2 Å². The Morgan fingerprint density at radius 2 is 1.90 bits per heavy atom. The standard InChI is InChI=1S/C13H17F2NO3S/c14-13(15)20(17,18)12-4-2-1-3-11(12)19-9-10-5-7-16-8-6-10/h1-4,10,13,16H,5-9H2. The minimum absolute atomic E-state index is 0.00586. The maximum atomic E-state index is 12.6. The Kier molecular flexibility index (Phi) is 4.93. The summed E-state index contributed by atoms with van der Waals surface area (Å²) in [4.78, 5) is -0.441. The molecule has 0 radical (unpaired) electrons. The molecule has 1 aromatic rings. The Morgan fingerprint density at radius 1 is 1.25 bits per heavy atom. The Labute approximate surface area is 117 Å². The molecule has 1 heterocycles. The molecular weight excluding hydrogens is 288 g/mol. The van der Waals surface area contributed by atoms with Gasteiger partial charge in [0.2, 0.25) is 9.84 Å². The van der Waals surface area contributed by atoms with Gasteiger partial charge in [0.1, 0.15) is 10.6 Å². The van der Waals surface area contributed by atoms with E-state index in [-0.39, 0.29) is 5.75 Å². The van der Waals surface area contributed by atoms with Gasteiger partial charge in [-0.2, -0.15) is 8.78 Å². The van der Waals surface area contributed by atoms with Gasteiger partial charge in [-0.1, -0.05) is 12.1 Å². The number of nitrogens with one attached hydrogen (secondary N) is 1. The fraction of sp³-hybridized carbons (Fsp3) is 0.538. The van der Waals surface area contributed by atoms with Gasteiger partial charge in [0, 0.05) is 0 Å². The lowest BCUT2D eigenvalue weighted by Crippen LogP contribution is -2.30. The summed E-state index contributed by atoms with van der Waals surface area (Å²) in [6.45, 7) is 2.13. The summed E-state index contributed by atoms with van der Waals surface area (Å²) in [5, 5.41) is 3.21. The molecule has 0 saturated carbocycles. The first-order chi connectivity index (χ1) is 9.51. The van der Waals surface area contributed by atoms with E-state index in [0.29, 0.717) is 12.5 Å². The summed E-state index contributed by atoms with van der Waals surface area (Å²) < 4.78 is 53.8. The van der Waals surface area contributed by atoms with Crippen LogP contribution in [0.5, 0.6) is 5.75 Å². The first kappa shape index (κ1) is 15.2. The third kappa shape index (κ3) is 3.46. The van der Waals surface area contributed by atoms with Crippen LogP contribution in [0.15, 0.2) is 29.2 Å². The molecule has 7 heteroatoms. The molecule has 0 atom stereocenters. The lowest BCUT2D eigenvalue weighted by atomic mass is 9.99. The highest BCUT2D eigenvalue weighted by atomic mass is 32.2. The SMILES string of the molecule is O=S(=O)(c1ccccc1OCC1CCNCC1)C(F)F. The maximum Gasteiger partial charge on any atom is 0.341 e. The van der Waals surface area contributed by atoms with Crippen LogP contribution >= 0.6 is 0 Å². The molecule has 1 saturated heterocycles. The summed E-state index contributed by atoms with van der Waals surface area (Å²) in [5.74, 6) is -3.11. The Morgan fingerprint density at radius 3 is 2.55 bits per heavy atom. The van der Waals surface area contributed by atoms with E-state index in [0.717, 1.165) is 32.0 Å². The number of piperidine rings is 1. The Bertz CT molecular complexity index is 542. The second-order valence-electron chi connectivity index (χ2n) is 4.76. The van der Waals surface area contributed by atoms with Crippen molar-refractivity contribution in [2.45, 2.75) is 23.5 Å². The summed E-state index contributed by atoms with van der Waals surface area (Å²) in [6, 6.07) is 5.55. The molecule has 0 spiro atoms. The first-order valence-electron chi connectivity index (χ1n) is 6.46. The van der Waals surface area contributed by atoms with Crippen LogP contribution in [0.25, 0.3) is 0 Å². The van der Waals surface area contributed by atoms with Gasteiger partial charge in [-0.25, -0.2) is 8.42 Å². The number of alkyl halides is 2. The van der Waals surface area contributed by atoms with Crippen LogP contribution in [0.2, 0.25) is 0 Å². The molecule has 0 aliphatic carbocycles. The van der Waals surface area contributed by atoms with E-state index in [1.54, 1.807) is 6.07 Å². The van der Waals surface area contributed by atoms with Crippen molar-refractivity contribution in [3.05, 3.63) is 24.3 Å². The van der Waals surface area contributed by atoms with E-state index in [1.807, 2.05) is 0 Å². The topological polar surface area (TPSA) is 55.4 Å². The van der Waals surface area contributed by atoms with Crippen LogP contribution < -0.4 is 10.1 Å². The summed E-state index contributed by atoms with van der Waals surface area (Å²) in [5.41, 5.74) is 0. The van der Waals surface area contributed by atoms with Gasteiger partial charge in [-0.05, 0) is 44.0 Å². The zero-order chi connectivity index (χ0) is 14.6. The number of benzene rings is 1. The highest BCUT2D eigenvalue weighted by Crippen LogP contribution is 2.28. The van der Waals surface area contributed by atoms with Gasteiger partial charge < -0.3 is 10.1 Å². The molecule has 0 aromatic heterocycles. The summed E-state index contributed by atoms with van der Waals surface area (Å²) >= 11 is 0. The van der Waals surface area contributed by atoms with Crippen LogP contribution in [0.1, 0.15) is 12.8 Å². The van der Waals surface area contributed by atoms with Crippen molar-refractivity contribution in [3.8, 4) is 5.75 Å². The largest absolute Gasteiger partial charge is 0.492 e. The van der Waals surface area contributed by atoms with Crippen molar-refractivity contribution >= 4 is 9.84 Å². The molecule has 0 amide bonds. The maximum absolute atomic E-state index is 12.6. The van der Waals surface area contributed by atoms with Gasteiger partial charge in [0.05, 0.1) is 6.61 Å². The van der Waals surface area contributed by atoms with Crippen LogP contribution in [0.4, 0.5) is 8.78 Å². The van der Waals surface area contributed by atoms with Crippen LogP contribution in [0.3, 0.4) is 0 Å².